The van der Waals surface area contributed by atoms with Gasteiger partial charge in [-0.3, -0.25) is 9.59 Å². The largest absolute Gasteiger partial charge is 0.376 e. The first-order valence-corrected chi connectivity index (χ1v) is 4.57. The molecule has 16 heavy (non-hydrogen) atoms. The molecule has 4 N–H and O–H groups in total. The average molecular weight is 224 g/mol. The summed E-state index contributed by atoms with van der Waals surface area (Å²) < 4.78 is 0. The van der Waals surface area contributed by atoms with E-state index in [1.165, 1.54) is 24.3 Å². The number of carbonyl (C=O) groups is 2. The highest BCUT2D eigenvalue weighted by Gasteiger charge is 2.07. The third kappa shape index (κ3) is 3.04. The van der Waals surface area contributed by atoms with Crippen molar-refractivity contribution in [1.29, 1.82) is 0 Å². The average Bonchev–Trinajstić information content (AvgIpc) is 2.30. The Morgan fingerprint density at radius 1 is 0.875 bits per heavy atom. The fourth-order valence-corrected chi connectivity index (χ4v) is 1.12. The minimum absolute atomic E-state index is 0.342. The molecule has 1 aromatic carbocycles. The summed E-state index contributed by atoms with van der Waals surface area (Å²) in [6, 6.07) is 5.82. The molecule has 0 saturated carbocycles. The van der Waals surface area contributed by atoms with E-state index in [0.29, 0.717) is 11.1 Å². The zero-order chi connectivity index (χ0) is 12.0. The molecule has 0 bridgehead atoms. The highest BCUT2D eigenvalue weighted by molar-refractivity contribution is 5.97. The summed E-state index contributed by atoms with van der Waals surface area (Å²) >= 11 is 0. The quantitative estimate of drug-likeness (QED) is 0.495. The van der Waals surface area contributed by atoms with Crippen molar-refractivity contribution in [2.24, 2.45) is 0 Å². The summed E-state index contributed by atoms with van der Waals surface area (Å²) in [5.74, 6) is -0.840. The molecule has 6 nitrogen and oxygen atoms in total. The predicted octanol–water partition coefficient (Wildman–Crippen LogP) is -0.954. The fourth-order valence-electron chi connectivity index (χ4n) is 1.12. The van der Waals surface area contributed by atoms with Crippen LogP contribution in [0.2, 0.25) is 0 Å². The molecular weight excluding hydrogens is 212 g/mol. The van der Waals surface area contributed by atoms with Gasteiger partial charge in [0.25, 0.3) is 11.8 Å². The lowest BCUT2D eigenvalue weighted by atomic mass is 10.1. The van der Waals surface area contributed by atoms with E-state index in [0.717, 1.165) is 0 Å². The van der Waals surface area contributed by atoms with Crippen LogP contribution in [0, 0.1) is 0 Å². The Hall–Kier alpha value is -1.92. The lowest BCUT2D eigenvalue weighted by molar-refractivity contribution is 0.0896. The molecular formula is C10H12N2O4. The lowest BCUT2D eigenvalue weighted by Gasteiger charge is -2.04. The van der Waals surface area contributed by atoms with Crippen LogP contribution >= 0.6 is 0 Å². The van der Waals surface area contributed by atoms with E-state index in [1.54, 1.807) is 0 Å². The number of rotatable bonds is 4. The van der Waals surface area contributed by atoms with Crippen molar-refractivity contribution >= 4 is 11.8 Å². The number of hydrogen-bond donors (Lipinski definition) is 4. The van der Waals surface area contributed by atoms with Crippen molar-refractivity contribution in [3.05, 3.63) is 35.4 Å². The van der Waals surface area contributed by atoms with Crippen LogP contribution in [-0.4, -0.2) is 35.5 Å². The summed E-state index contributed by atoms with van der Waals surface area (Å²) in [4.78, 5) is 22.5. The maximum atomic E-state index is 11.2. The van der Waals surface area contributed by atoms with Gasteiger partial charge in [-0.15, -0.1) is 0 Å². The van der Waals surface area contributed by atoms with Gasteiger partial charge in [-0.05, 0) is 24.3 Å². The SMILES string of the molecule is O=C(NCO)c1ccc(C(=O)NCO)cc1. The number of amides is 2. The van der Waals surface area contributed by atoms with Crippen LogP contribution in [0.15, 0.2) is 24.3 Å². The first-order valence-electron chi connectivity index (χ1n) is 4.57. The minimum atomic E-state index is -0.439. The van der Waals surface area contributed by atoms with Crippen LogP contribution in [0.3, 0.4) is 0 Å². The van der Waals surface area contributed by atoms with E-state index in [2.05, 4.69) is 10.6 Å². The van der Waals surface area contributed by atoms with E-state index in [-0.39, 0.29) is 0 Å². The zero-order valence-corrected chi connectivity index (χ0v) is 8.43. The molecule has 86 valence electrons. The normalized spacial score (nSPS) is 9.62. The van der Waals surface area contributed by atoms with E-state index in [1.807, 2.05) is 0 Å². The molecule has 0 unspecified atom stereocenters. The second kappa shape index (κ2) is 5.84. The van der Waals surface area contributed by atoms with Gasteiger partial charge < -0.3 is 20.8 Å². The second-order valence-electron chi connectivity index (χ2n) is 2.91. The molecule has 0 spiro atoms. The Labute approximate surface area is 91.9 Å². The van der Waals surface area contributed by atoms with Crippen molar-refractivity contribution in [2.45, 2.75) is 0 Å². The third-order valence-electron chi connectivity index (χ3n) is 1.89. The van der Waals surface area contributed by atoms with E-state index < -0.39 is 25.3 Å². The molecule has 0 atom stereocenters. The number of hydrogen-bond acceptors (Lipinski definition) is 4. The molecule has 1 rings (SSSR count). The van der Waals surface area contributed by atoms with Gasteiger partial charge in [0.2, 0.25) is 0 Å². The van der Waals surface area contributed by atoms with Gasteiger partial charge in [0.15, 0.2) is 0 Å². The molecule has 2 amide bonds. The molecule has 0 aliphatic heterocycles. The molecule has 0 radical (unpaired) electrons. The highest BCUT2D eigenvalue weighted by atomic mass is 16.3. The molecule has 0 fully saturated rings. The second-order valence-corrected chi connectivity index (χ2v) is 2.91. The molecule has 0 heterocycles. The van der Waals surface area contributed by atoms with Crippen LogP contribution in [0.1, 0.15) is 20.7 Å². The summed E-state index contributed by atoms with van der Waals surface area (Å²) in [5.41, 5.74) is 0.684. The Morgan fingerprint density at radius 2 is 1.19 bits per heavy atom. The first-order chi connectivity index (χ1) is 7.69. The number of aliphatic hydroxyl groups excluding tert-OH is 2. The van der Waals surface area contributed by atoms with Gasteiger partial charge in [-0.25, -0.2) is 0 Å². The fraction of sp³-hybridized carbons (Fsp3) is 0.200. The van der Waals surface area contributed by atoms with Crippen LogP contribution in [-0.2, 0) is 0 Å². The Morgan fingerprint density at radius 3 is 1.44 bits per heavy atom. The van der Waals surface area contributed by atoms with Crippen LogP contribution in [0.25, 0.3) is 0 Å². The minimum Gasteiger partial charge on any atom is -0.376 e. The van der Waals surface area contributed by atoms with Gasteiger partial charge in [0.05, 0.1) is 0 Å². The molecule has 1 aromatic rings. The van der Waals surface area contributed by atoms with E-state index in [9.17, 15) is 9.59 Å². The molecule has 0 saturated heterocycles. The topological polar surface area (TPSA) is 98.7 Å². The number of benzene rings is 1. The lowest BCUT2D eigenvalue weighted by Crippen LogP contribution is -2.25. The summed E-state index contributed by atoms with van der Waals surface area (Å²) in [6.07, 6.45) is 0. The Kier molecular flexibility index (Phi) is 4.43. The van der Waals surface area contributed by atoms with Gasteiger partial charge >= 0.3 is 0 Å². The van der Waals surface area contributed by atoms with Gasteiger partial charge in [0.1, 0.15) is 13.5 Å². The third-order valence-corrected chi connectivity index (χ3v) is 1.89. The summed E-state index contributed by atoms with van der Waals surface area (Å²) in [5, 5.41) is 21.4. The van der Waals surface area contributed by atoms with Crippen molar-refractivity contribution in [1.82, 2.24) is 10.6 Å². The van der Waals surface area contributed by atoms with Gasteiger partial charge in [-0.1, -0.05) is 0 Å². The van der Waals surface area contributed by atoms with E-state index >= 15 is 0 Å². The van der Waals surface area contributed by atoms with Gasteiger partial charge in [-0.2, -0.15) is 0 Å². The Balaban J connectivity index is 2.75. The predicted molar refractivity (Wildman–Crippen MR) is 55.5 cm³/mol. The molecule has 0 aliphatic carbocycles. The standard InChI is InChI=1S/C10H12N2O4/c13-5-11-9(15)7-1-2-8(4-3-7)10(16)12-6-14/h1-4,13-14H,5-6H2,(H,11,15)(H,12,16). The smallest absolute Gasteiger partial charge is 0.253 e. The van der Waals surface area contributed by atoms with Crippen LogP contribution in [0.4, 0.5) is 0 Å². The number of aliphatic hydroxyl groups is 2. The molecule has 0 aliphatic rings. The highest BCUT2D eigenvalue weighted by Crippen LogP contribution is 2.04. The molecule has 0 aromatic heterocycles. The number of carbonyl (C=O) groups excluding carboxylic acids is 2. The Bertz CT molecular complexity index is 338. The number of nitrogens with one attached hydrogen (secondary N) is 2. The maximum absolute atomic E-state index is 11.2. The maximum Gasteiger partial charge on any atom is 0.253 e. The summed E-state index contributed by atoms with van der Waals surface area (Å²) in [6.45, 7) is -0.878. The zero-order valence-electron chi connectivity index (χ0n) is 8.43. The van der Waals surface area contributed by atoms with Gasteiger partial charge in [0, 0.05) is 11.1 Å². The van der Waals surface area contributed by atoms with Crippen LogP contribution < -0.4 is 10.6 Å². The summed E-state index contributed by atoms with van der Waals surface area (Å²) in [7, 11) is 0. The van der Waals surface area contributed by atoms with Crippen molar-refractivity contribution in [2.75, 3.05) is 13.5 Å². The van der Waals surface area contributed by atoms with E-state index in [4.69, 9.17) is 10.2 Å². The molecule has 6 heteroatoms. The van der Waals surface area contributed by atoms with Crippen molar-refractivity contribution < 1.29 is 19.8 Å². The van der Waals surface area contributed by atoms with Crippen molar-refractivity contribution in [3.8, 4) is 0 Å². The van der Waals surface area contributed by atoms with Crippen LogP contribution in [0.5, 0.6) is 0 Å². The monoisotopic (exact) mass is 224 g/mol. The van der Waals surface area contributed by atoms with Crippen molar-refractivity contribution in [3.63, 3.8) is 0 Å². The first kappa shape index (κ1) is 12.2.